The second kappa shape index (κ2) is 5.25. The van der Waals surface area contributed by atoms with Crippen molar-refractivity contribution in [2.24, 2.45) is 0 Å². The van der Waals surface area contributed by atoms with Crippen molar-refractivity contribution in [2.45, 2.75) is 26.9 Å². The molecule has 0 radical (unpaired) electrons. The maximum Gasteiger partial charge on any atom is 0.104 e. The van der Waals surface area contributed by atoms with Crippen LogP contribution in [0.15, 0.2) is 40.9 Å². The first-order valence-electron chi connectivity index (χ1n) is 6.00. The molecule has 0 aliphatic heterocycles. The fourth-order valence-electron chi connectivity index (χ4n) is 1.97. The van der Waals surface area contributed by atoms with Gasteiger partial charge in [0.2, 0.25) is 0 Å². The summed E-state index contributed by atoms with van der Waals surface area (Å²) >= 11 is 3.47. The predicted molar refractivity (Wildman–Crippen MR) is 78.9 cm³/mol. The van der Waals surface area contributed by atoms with Gasteiger partial charge in [-0.05, 0) is 54.7 Å². The van der Waals surface area contributed by atoms with Crippen molar-refractivity contribution < 1.29 is 5.11 Å². The monoisotopic (exact) mass is 304 g/mol. The Hall–Kier alpha value is -1.12. The minimum absolute atomic E-state index is 0.559. The fourth-order valence-corrected chi connectivity index (χ4v) is 2.21. The van der Waals surface area contributed by atoms with Crippen molar-refractivity contribution in [2.75, 3.05) is 0 Å². The molecule has 2 heteroatoms. The predicted octanol–water partition coefficient (Wildman–Crippen LogP) is 4.46. The summed E-state index contributed by atoms with van der Waals surface area (Å²) in [7, 11) is 0. The van der Waals surface area contributed by atoms with Gasteiger partial charge in [0.25, 0.3) is 0 Å². The lowest BCUT2D eigenvalue weighted by molar-refractivity contribution is 0.220. The van der Waals surface area contributed by atoms with Crippen LogP contribution in [0, 0.1) is 20.8 Å². The van der Waals surface area contributed by atoms with Crippen molar-refractivity contribution in [3.05, 3.63) is 68.7 Å². The first-order valence-corrected chi connectivity index (χ1v) is 6.79. The molecule has 0 saturated heterocycles. The Labute approximate surface area is 117 Å². The van der Waals surface area contributed by atoms with Crippen LogP contribution >= 0.6 is 15.9 Å². The van der Waals surface area contributed by atoms with Gasteiger partial charge in [0.05, 0.1) is 0 Å². The minimum Gasteiger partial charge on any atom is -0.384 e. The van der Waals surface area contributed by atoms with Crippen molar-refractivity contribution in [1.82, 2.24) is 0 Å². The van der Waals surface area contributed by atoms with Crippen LogP contribution in [0.4, 0.5) is 0 Å². The normalized spacial score (nSPS) is 12.5. The van der Waals surface area contributed by atoms with Gasteiger partial charge in [0, 0.05) is 4.47 Å². The van der Waals surface area contributed by atoms with E-state index in [1.165, 1.54) is 11.1 Å². The molecular weight excluding hydrogens is 288 g/mol. The van der Waals surface area contributed by atoms with E-state index in [2.05, 4.69) is 41.9 Å². The van der Waals surface area contributed by atoms with Gasteiger partial charge >= 0.3 is 0 Å². The van der Waals surface area contributed by atoms with E-state index in [1.54, 1.807) is 0 Å². The minimum atomic E-state index is -0.559. The highest BCUT2D eigenvalue weighted by molar-refractivity contribution is 9.10. The van der Waals surface area contributed by atoms with Crippen molar-refractivity contribution in [3.63, 3.8) is 0 Å². The molecular formula is C16H17BrO. The third-order valence-corrected chi connectivity index (χ3v) is 4.23. The van der Waals surface area contributed by atoms with E-state index in [1.807, 2.05) is 31.2 Å². The molecule has 2 rings (SSSR count). The highest BCUT2D eigenvalue weighted by Crippen LogP contribution is 2.26. The molecule has 0 aliphatic rings. The Bertz CT molecular complexity index is 524. The Balaban J connectivity index is 2.37. The second-order valence-electron chi connectivity index (χ2n) is 4.75. The Morgan fingerprint density at radius 3 is 1.94 bits per heavy atom. The van der Waals surface area contributed by atoms with E-state index in [4.69, 9.17) is 0 Å². The number of rotatable bonds is 2. The topological polar surface area (TPSA) is 20.2 Å². The van der Waals surface area contributed by atoms with Gasteiger partial charge in [-0.15, -0.1) is 0 Å². The van der Waals surface area contributed by atoms with Crippen molar-refractivity contribution in [3.8, 4) is 0 Å². The molecule has 2 aromatic carbocycles. The molecule has 1 nitrogen and oxygen atoms in total. The van der Waals surface area contributed by atoms with E-state index < -0.39 is 6.10 Å². The summed E-state index contributed by atoms with van der Waals surface area (Å²) in [5.41, 5.74) is 5.47. The molecule has 0 bridgehead atoms. The number of hydrogen-bond acceptors (Lipinski definition) is 1. The average molecular weight is 305 g/mol. The van der Waals surface area contributed by atoms with Gasteiger partial charge in [-0.1, -0.05) is 46.3 Å². The third kappa shape index (κ3) is 2.65. The smallest absolute Gasteiger partial charge is 0.104 e. The van der Waals surface area contributed by atoms with Crippen LogP contribution in [-0.4, -0.2) is 5.11 Å². The molecule has 0 spiro atoms. The lowest BCUT2D eigenvalue weighted by Gasteiger charge is -2.14. The maximum absolute atomic E-state index is 10.4. The number of hydrogen-bond donors (Lipinski definition) is 1. The van der Waals surface area contributed by atoms with Gasteiger partial charge in [0.1, 0.15) is 6.10 Å². The summed E-state index contributed by atoms with van der Waals surface area (Å²) in [4.78, 5) is 0. The molecule has 0 heterocycles. The molecule has 94 valence electrons. The molecule has 0 fully saturated rings. The van der Waals surface area contributed by atoms with E-state index in [9.17, 15) is 5.11 Å². The van der Waals surface area contributed by atoms with Crippen LogP contribution in [0.1, 0.15) is 33.9 Å². The molecule has 0 amide bonds. The van der Waals surface area contributed by atoms with Crippen LogP contribution < -0.4 is 0 Å². The number of benzene rings is 2. The molecule has 1 atom stereocenters. The van der Waals surface area contributed by atoms with Gasteiger partial charge in [-0.2, -0.15) is 0 Å². The fraction of sp³-hybridized carbons (Fsp3) is 0.250. The molecule has 1 unspecified atom stereocenters. The number of halogens is 1. The zero-order valence-electron chi connectivity index (χ0n) is 10.9. The van der Waals surface area contributed by atoms with Crippen LogP contribution in [-0.2, 0) is 0 Å². The molecule has 0 aliphatic carbocycles. The number of aryl methyl sites for hydroxylation is 3. The Kier molecular flexibility index (Phi) is 3.88. The van der Waals surface area contributed by atoms with Gasteiger partial charge in [-0.3, -0.25) is 0 Å². The maximum atomic E-state index is 10.4. The van der Waals surface area contributed by atoms with Gasteiger partial charge in [0.15, 0.2) is 0 Å². The van der Waals surface area contributed by atoms with E-state index in [-0.39, 0.29) is 0 Å². The lowest BCUT2D eigenvalue weighted by Crippen LogP contribution is -2.01. The second-order valence-corrected chi connectivity index (χ2v) is 5.61. The van der Waals surface area contributed by atoms with Crippen LogP contribution in [0.3, 0.4) is 0 Å². The summed E-state index contributed by atoms with van der Waals surface area (Å²) in [6.45, 7) is 6.17. The standard InChI is InChI=1S/C16H17BrO/c1-10-4-5-13(8-11(10)2)16(18)14-6-7-15(17)12(3)9-14/h4-9,16,18H,1-3H3. The summed E-state index contributed by atoms with van der Waals surface area (Å²) in [6.07, 6.45) is -0.559. The van der Waals surface area contributed by atoms with Gasteiger partial charge in [-0.25, -0.2) is 0 Å². The third-order valence-electron chi connectivity index (χ3n) is 3.34. The summed E-state index contributed by atoms with van der Waals surface area (Å²) in [6, 6.07) is 12.1. The Morgan fingerprint density at radius 1 is 0.833 bits per heavy atom. The molecule has 18 heavy (non-hydrogen) atoms. The van der Waals surface area contributed by atoms with E-state index in [0.717, 1.165) is 21.2 Å². The summed E-state index contributed by atoms with van der Waals surface area (Å²) in [5.74, 6) is 0. The zero-order valence-corrected chi connectivity index (χ0v) is 12.5. The first-order chi connectivity index (χ1) is 8.49. The molecule has 0 saturated carbocycles. The Morgan fingerprint density at radius 2 is 1.39 bits per heavy atom. The van der Waals surface area contributed by atoms with Gasteiger partial charge < -0.3 is 5.11 Å². The van der Waals surface area contributed by atoms with Crippen LogP contribution in [0.5, 0.6) is 0 Å². The summed E-state index contributed by atoms with van der Waals surface area (Å²) < 4.78 is 1.07. The van der Waals surface area contributed by atoms with Crippen LogP contribution in [0.2, 0.25) is 0 Å². The van der Waals surface area contributed by atoms with Crippen LogP contribution in [0.25, 0.3) is 0 Å². The highest BCUT2D eigenvalue weighted by atomic mass is 79.9. The average Bonchev–Trinajstić information content (AvgIpc) is 2.35. The highest BCUT2D eigenvalue weighted by Gasteiger charge is 2.11. The summed E-state index contributed by atoms with van der Waals surface area (Å²) in [5, 5.41) is 10.4. The quantitative estimate of drug-likeness (QED) is 0.868. The largest absolute Gasteiger partial charge is 0.384 e. The zero-order chi connectivity index (χ0) is 13.3. The molecule has 1 N–H and O–H groups in total. The van der Waals surface area contributed by atoms with Crippen molar-refractivity contribution in [1.29, 1.82) is 0 Å². The van der Waals surface area contributed by atoms with E-state index >= 15 is 0 Å². The van der Waals surface area contributed by atoms with E-state index in [0.29, 0.717) is 0 Å². The number of aliphatic hydroxyl groups is 1. The number of aliphatic hydroxyl groups excluding tert-OH is 1. The first kappa shape index (κ1) is 13.3. The van der Waals surface area contributed by atoms with Crippen molar-refractivity contribution >= 4 is 15.9 Å². The molecule has 2 aromatic rings. The molecule has 0 aromatic heterocycles. The SMILES string of the molecule is Cc1ccc(C(O)c2ccc(Br)c(C)c2)cc1C. The lowest BCUT2D eigenvalue weighted by atomic mass is 9.97.